The quantitative estimate of drug-likeness (QED) is 0.781. The molecule has 0 saturated heterocycles. The van der Waals surface area contributed by atoms with Crippen molar-refractivity contribution >= 4 is 21.6 Å². The monoisotopic (exact) mass is 413 g/mol. The van der Waals surface area contributed by atoms with Crippen molar-refractivity contribution in [1.82, 2.24) is 14.5 Å². The fourth-order valence-electron chi connectivity index (χ4n) is 2.18. The molecule has 0 atom stereocenters. The van der Waals surface area contributed by atoms with Gasteiger partial charge in [-0.1, -0.05) is 18.5 Å². The summed E-state index contributed by atoms with van der Waals surface area (Å²) in [6, 6.07) is 1.67. The zero-order valence-electron chi connectivity index (χ0n) is 13.4. The Morgan fingerprint density at radius 1 is 1.27 bits per heavy atom. The Labute approximate surface area is 150 Å². The topological polar surface area (TPSA) is 81.1 Å². The van der Waals surface area contributed by atoms with E-state index >= 15 is 0 Å². The van der Waals surface area contributed by atoms with Gasteiger partial charge in [0.05, 0.1) is 5.02 Å². The first kappa shape index (κ1) is 20.3. The van der Waals surface area contributed by atoms with E-state index in [4.69, 9.17) is 11.6 Å². The number of aryl methyl sites for hydroxylation is 1. The molecule has 1 heterocycles. The lowest BCUT2D eigenvalue weighted by atomic mass is 10.1. The number of rotatable bonds is 4. The average molecular weight is 414 g/mol. The molecular formula is C14H12ClF4N3O3S. The Hall–Kier alpha value is -1.98. The van der Waals surface area contributed by atoms with Gasteiger partial charge in [-0.3, -0.25) is 9.48 Å². The summed E-state index contributed by atoms with van der Waals surface area (Å²) >= 11 is 5.75. The van der Waals surface area contributed by atoms with Gasteiger partial charge in [0.25, 0.3) is 0 Å². The number of benzene rings is 1. The van der Waals surface area contributed by atoms with Crippen molar-refractivity contribution in [2.45, 2.75) is 18.0 Å². The van der Waals surface area contributed by atoms with Crippen molar-refractivity contribution in [2.75, 3.05) is 6.54 Å². The third kappa shape index (κ3) is 3.89. The van der Waals surface area contributed by atoms with Crippen LogP contribution in [-0.4, -0.2) is 24.7 Å². The highest BCUT2D eigenvalue weighted by molar-refractivity contribution is 7.89. The molecule has 0 radical (unpaired) electrons. The highest BCUT2D eigenvalue weighted by Gasteiger charge is 2.35. The van der Waals surface area contributed by atoms with Crippen molar-refractivity contribution in [3.8, 4) is 11.3 Å². The van der Waals surface area contributed by atoms with E-state index in [0.29, 0.717) is 10.7 Å². The molecule has 0 fully saturated rings. The van der Waals surface area contributed by atoms with Crippen LogP contribution in [-0.2, 0) is 23.2 Å². The molecule has 0 bridgehead atoms. The molecule has 0 saturated carbocycles. The van der Waals surface area contributed by atoms with E-state index in [0.717, 1.165) is 13.1 Å². The second-order valence-electron chi connectivity index (χ2n) is 5.13. The second-order valence-corrected chi connectivity index (χ2v) is 7.27. The molecule has 2 rings (SSSR count). The van der Waals surface area contributed by atoms with Crippen molar-refractivity contribution in [3.63, 3.8) is 0 Å². The SMILES string of the molecule is CCNS(=O)(=O)c1cc(-c2nn(C)c(C(F)(F)F)cc2=O)c(F)cc1Cl. The van der Waals surface area contributed by atoms with Crippen molar-refractivity contribution < 1.29 is 26.0 Å². The molecule has 6 nitrogen and oxygen atoms in total. The lowest BCUT2D eigenvalue weighted by Crippen LogP contribution is -2.24. The number of nitrogens with one attached hydrogen (secondary N) is 1. The molecule has 1 aromatic carbocycles. The second kappa shape index (κ2) is 6.97. The predicted octanol–water partition coefficient (Wildman–Crippen LogP) is 2.56. The maximum Gasteiger partial charge on any atom is 0.433 e. The van der Waals surface area contributed by atoms with Crippen LogP contribution in [0, 0.1) is 5.82 Å². The minimum atomic E-state index is -4.84. The molecule has 0 aliphatic carbocycles. The van der Waals surface area contributed by atoms with Crippen LogP contribution < -0.4 is 10.2 Å². The summed E-state index contributed by atoms with van der Waals surface area (Å²) in [5.74, 6) is -1.10. The lowest BCUT2D eigenvalue weighted by molar-refractivity contribution is -0.144. The normalized spacial score (nSPS) is 12.4. The van der Waals surface area contributed by atoms with Gasteiger partial charge in [0.1, 0.15) is 22.1 Å². The molecule has 0 unspecified atom stereocenters. The number of alkyl halides is 3. The standard InChI is InChI=1S/C14H12ClF4N3O3S/c1-3-20-26(24,25)11-4-7(9(16)5-8(11)15)13-10(23)6-12(14(17,18)19)22(2)21-13/h4-6,20H,3H2,1-2H3. The zero-order valence-corrected chi connectivity index (χ0v) is 14.9. The van der Waals surface area contributed by atoms with Crippen LogP contribution in [0.5, 0.6) is 0 Å². The summed E-state index contributed by atoms with van der Waals surface area (Å²) in [5, 5.41) is 3.01. The minimum Gasteiger partial charge on any atom is -0.287 e. The number of halogens is 5. The van der Waals surface area contributed by atoms with E-state index in [2.05, 4.69) is 9.82 Å². The zero-order chi connectivity index (χ0) is 19.9. The molecule has 0 aliphatic rings. The summed E-state index contributed by atoms with van der Waals surface area (Å²) in [5.41, 5.74) is -3.81. The fraction of sp³-hybridized carbons (Fsp3) is 0.286. The maximum atomic E-state index is 14.2. The third-order valence-electron chi connectivity index (χ3n) is 3.29. The molecule has 2 aromatic rings. The first-order valence-corrected chi connectivity index (χ1v) is 8.89. The molecule has 1 aromatic heterocycles. The van der Waals surface area contributed by atoms with Gasteiger partial charge in [0.15, 0.2) is 0 Å². The minimum absolute atomic E-state index is 0.0195. The summed E-state index contributed by atoms with van der Waals surface area (Å²) < 4.78 is 79.4. The van der Waals surface area contributed by atoms with Gasteiger partial charge in [-0.25, -0.2) is 17.5 Å². The molecular weight excluding hydrogens is 402 g/mol. The van der Waals surface area contributed by atoms with Gasteiger partial charge in [-0.15, -0.1) is 0 Å². The molecule has 26 heavy (non-hydrogen) atoms. The predicted molar refractivity (Wildman–Crippen MR) is 85.7 cm³/mol. The van der Waals surface area contributed by atoms with Gasteiger partial charge >= 0.3 is 6.18 Å². The Morgan fingerprint density at radius 2 is 1.88 bits per heavy atom. The average Bonchev–Trinajstić information content (AvgIpc) is 2.48. The van der Waals surface area contributed by atoms with E-state index in [9.17, 15) is 30.8 Å². The van der Waals surface area contributed by atoms with Crippen LogP contribution in [0.25, 0.3) is 11.3 Å². The van der Waals surface area contributed by atoms with Gasteiger partial charge in [-0.2, -0.15) is 18.3 Å². The Morgan fingerprint density at radius 3 is 2.42 bits per heavy atom. The Kier molecular flexibility index (Phi) is 5.45. The number of nitrogens with zero attached hydrogens (tertiary/aromatic N) is 2. The fourth-order valence-corrected chi connectivity index (χ4v) is 3.75. The van der Waals surface area contributed by atoms with Crippen LogP contribution in [0.3, 0.4) is 0 Å². The van der Waals surface area contributed by atoms with Gasteiger partial charge in [0, 0.05) is 25.2 Å². The lowest BCUT2D eigenvalue weighted by Gasteiger charge is -2.13. The van der Waals surface area contributed by atoms with Crippen molar-refractivity contribution in [3.05, 3.63) is 45.0 Å². The number of hydrogen-bond donors (Lipinski definition) is 1. The van der Waals surface area contributed by atoms with Gasteiger partial charge < -0.3 is 0 Å². The number of aromatic nitrogens is 2. The van der Waals surface area contributed by atoms with E-state index in [1.807, 2.05) is 0 Å². The van der Waals surface area contributed by atoms with Crippen molar-refractivity contribution in [2.24, 2.45) is 7.05 Å². The molecule has 0 spiro atoms. The summed E-state index contributed by atoms with van der Waals surface area (Å²) in [7, 11) is -3.18. The van der Waals surface area contributed by atoms with E-state index in [1.165, 1.54) is 6.92 Å². The van der Waals surface area contributed by atoms with E-state index < -0.39 is 54.3 Å². The summed E-state index contributed by atoms with van der Waals surface area (Å²) in [6.45, 7) is 1.52. The molecule has 142 valence electrons. The molecule has 0 aliphatic heterocycles. The highest BCUT2D eigenvalue weighted by Crippen LogP contribution is 2.31. The summed E-state index contributed by atoms with van der Waals surface area (Å²) in [4.78, 5) is 11.5. The van der Waals surface area contributed by atoms with Crippen LogP contribution in [0.2, 0.25) is 5.02 Å². The Balaban J connectivity index is 2.74. The van der Waals surface area contributed by atoms with Gasteiger partial charge in [-0.05, 0) is 12.1 Å². The largest absolute Gasteiger partial charge is 0.433 e. The summed E-state index contributed by atoms with van der Waals surface area (Å²) in [6.07, 6.45) is -4.84. The Bertz CT molecular complexity index is 1020. The smallest absolute Gasteiger partial charge is 0.287 e. The first-order chi connectivity index (χ1) is 11.9. The molecule has 12 heteroatoms. The number of hydrogen-bond acceptors (Lipinski definition) is 4. The van der Waals surface area contributed by atoms with E-state index in [-0.39, 0.29) is 12.6 Å². The third-order valence-corrected chi connectivity index (χ3v) is 5.30. The highest BCUT2D eigenvalue weighted by atomic mass is 35.5. The van der Waals surface area contributed by atoms with Crippen LogP contribution >= 0.6 is 11.6 Å². The van der Waals surface area contributed by atoms with E-state index in [1.54, 1.807) is 0 Å². The van der Waals surface area contributed by atoms with Crippen LogP contribution in [0.4, 0.5) is 17.6 Å². The molecule has 0 amide bonds. The van der Waals surface area contributed by atoms with Crippen molar-refractivity contribution in [1.29, 1.82) is 0 Å². The number of sulfonamides is 1. The van der Waals surface area contributed by atoms with Gasteiger partial charge in [0.2, 0.25) is 15.5 Å². The van der Waals surface area contributed by atoms with Crippen LogP contribution in [0.15, 0.2) is 27.9 Å². The first-order valence-electron chi connectivity index (χ1n) is 7.03. The maximum absolute atomic E-state index is 14.2. The van der Waals surface area contributed by atoms with Crippen LogP contribution in [0.1, 0.15) is 12.6 Å². The molecule has 1 N–H and O–H groups in total.